The summed E-state index contributed by atoms with van der Waals surface area (Å²) in [5.74, 6) is 0.208. The Morgan fingerprint density at radius 3 is 2.60 bits per heavy atom. The Morgan fingerprint density at radius 1 is 1.07 bits per heavy atom. The van der Waals surface area contributed by atoms with Crippen molar-refractivity contribution in [2.75, 3.05) is 0 Å². The summed E-state index contributed by atoms with van der Waals surface area (Å²) in [6.45, 7) is 0.279. The van der Waals surface area contributed by atoms with E-state index in [1.165, 1.54) is 24.3 Å². The molecule has 0 bridgehead atoms. The molecule has 30 heavy (non-hydrogen) atoms. The highest BCUT2D eigenvalue weighted by atomic mass is 35.5. The SMILES string of the molecule is O=C(NCc1ccc(Oc2ccc(F)cc2)nc1)c1ccn(-c2ccccc2Cl)n1. The van der Waals surface area contributed by atoms with Crippen molar-refractivity contribution >= 4 is 17.5 Å². The smallest absolute Gasteiger partial charge is 0.272 e. The van der Waals surface area contributed by atoms with E-state index in [1.807, 2.05) is 18.2 Å². The molecule has 4 rings (SSSR count). The zero-order valence-corrected chi connectivity index (χ0v) is 16.4. The lowest BCUT2D eigenvalue weighted by Crippen LogP contribution is -2.23. The minimum Gasteiger partial charge on any atom is -0.439 e. The van der Waals surface area contributed by atoms with Crippen molar-refractivity contribution in [1.82, 2.24) is 20.1 Å². The molecular formula is C22H16ClFN4O2. The number of ether oxygens (including phenoxy) is 1. The van der Waals surface area contributed by atoms with Crippen molar-refractivity contribution in [2.24, 2.45) is 0 Å². The number of carbonyl (C=O) groups is 1. The van der Waals surface area contributed by atoms with Gasteiger partial charge in [-0.15, -0.1) is 0 Å². The summed E-state index contributed by atoms with van der Waals surface area (Å²) >= 11 is 6.16. The van der Waals surface area contributed by atoms with Gasteiger partial charge in [0.2, 0.25) is 5.88 Å². The number of rotatable bonds is 6. The molecular weight excluding hydrogens is 407 g/mol. The van der Waals surface area contributed by atoms with Gasteiger partial charge in [-0.1, -0.05) is 29.8 Å². The van der Waals surface area contributed by atoms with Crippen LogP contribution in [0.2, 0.25) is 5.02 Å². The molecule has 1 N–H and O–H groups in total. The number of carbonyl (C=O) groups excluding carboxylic acids is 1. The van der Waals surface area contributed by atoms with Crippen molar-refractivity contribution in [1.29, 1.82) is 0 Å². The average molecular weight is 423 g/mol. The highest BCUT2D eigenvalue weighted by molar-refractivity contribution is 6.32. The Morgan fingerprint density at radius 2 is 1.87 bits per heavy atom. The molecule has 0 saturated heterocycles. The van der Waals surface area contributed by atoms with E-state index in [1.54, 1.807) is 41.3 Å². The van der Waals surface area contributed by atoms with Crippen LogP contribution in [0.15, 0.2) is 79.1 Å². The number of nitrogens with zero attached hydrogens (tertiary/aromatic N) is 3. The van der Waals surface area contributed by atoms with Crippen LogP contribution < -0.4 is 10.1 Å². The second-order valence-electron chi connectivity index (χ2n) is 6.34. The maximum atomic E-state index is 12.9. The fraction of sp³-hybridized carbons (Fsp3) is 0.0455. The van der Waals surface area contributed by atoms with Crippen molar-refractivity contribution in [2.45, 2.75) is 6.54 Å². The molecule has 0 unspecified atom stereocenters. The molecule has 0 aliphatic heterocycles. The minimum atomic E-state index is -0.335. The van der Waals surface area contributed by atoms with Crippen LogP contribution in [0, 0.1) is 5.82 Å². The van der Waals surface area contributed by atoms with Gasteiger partial charge in [0.05, 0.1) is 10.7 Å². The zero-order valence-electron chi connectivity index (χ0n) is 15.6. The van der Waals surface area contributed by atoms with Crippen LogP contribution in [0.25, 0.3) is 5.69 Å². The normalized spacial score (nSPS) is 10.6. The second kappa shape index (κ2) is 8.75. The fourth-order valence-corrected chi connectivity index (χ4v) is 2.91. The molecule has 150 valence electrons. The van der Waals surface area contributed by atoms with Crippen molar-refractivity contribution in [3.63, 3.8) is 0 Å². The van der Waals surface area contributed by atoms with Gasteiger partial charge in [0.15, 0.2) is 5.69 Å². The molecule has 0 atom stereocenters. The van der Waals surface area contributed by atoms with Gasteiger partial charge in [-0.2, -0.15) is 5.10 Å². The van der Waals surface area contributed by atoms with E-state index in [0.717, 1.165) is 5.56 Å². The third-order valence-electron chi connectivity index (χ3n) is 4.21. The Balaban J connectivity index is 1.35. The Kier molecular flexibility index (Phi) is 5.72. The third-order valence-corrected chi connectivity index (χ3v) is 4.53. The molecule has 6 nitrogen and oxygen atoms in total. The summed E-state index contributed by atoms with van der Waals surface area (Å²) in [6.07, 6.45) is 3.28. The van der Waals surface area contributed by atoms with Crippen LogP contribution in [0.4, 0.5) is 4.39 Å². The number of benzene rings is 2. The topological polar surface area (TPSA) is 69.0 Å². The molecule has 2 aromatic carbocycles. The summed E-state index contributed by atoms with van der Waals surface area (Å²) < 4.78 is 20.0. The molecule has 0 aliphatic rings. The second-order valence-corrected chi connectivity index (χ2v) is 6.75. The lowest BCUT2D eigenvalue weighted by Gasteiger charge is -2.07. The molecule has 0 aliphatic carbocycles. The van der Waals surface area contributed by atoms with Gasteiger partial charge < -0.3 is 10.1 Å². The lowest BCUT2D eigenvalue weighted by atomic mass is 10.3. The first-order valence-electron chi connectivity index (χ1n) is 9.05. The van der Waals surface area contributed by atoms with Crippen LogP contribution in [-0.4, -0.2) is 20.7 Å². The standard InChI is InChI=1S/C22H16ClFN4O2/c23-18-3-1-2-4-20(18)28-12-11-19(27-28)22(29)26-14-15-5-10-21(25-13-15)30-17-8-6-16(24)7-9-17/h1-13H,14H2,(H,26,29). The fourth-order valence-electron chi connectivity index (χ4n) is 2.69. The number of hydrogen-bond donors (Lipinski definition) is 1. The lowest BCUT2D eigenvalue weighted by molar-refractivity contribution is 0.0945. The van der Waals surface area contributed by atoms with E-state index in [0.29, 0.717) is 22.3 Å². The minimum absolute atomic E-state index is 0.277. The number of nitrogens with one attached hydrogen (secondary N) is 1. The predicted molar refractivity (Wildman–Crippen MR) is 110 cm³/mol. The van der Waals surface area contributed by atoms with Gasteiger partial charge in [-0.25, -0.2) is 14.1 Å². The van der Waals surface area contributed by atoms with Crippen LogP contribution in [0.3, 0.4) is 0 Å². The van der Waals surface area contributed by atoms with E-state index >= 15 is 0 Å². The zero-order chi connectivity index (χ0) is 20.9. The predicted octanol–water partition coefficient (Wildman–Crippen LogP) is 4.78. The number of para-hydroxylation sites is 1. The molecule has 4 aromatic rings. The number of amides is 1. The van der Waals surface area contributed by atoms with Gasteiger partial charge in [-0.3, -0.25) is 4.79 Å². The number of halogens is 2. The van der Waals surface area contributed by atoms with Gasteiger partial charge >= 0.3 is 0 Å². The first-order valence-corrected chi connectivity index (χ1v) is 9.43. The maximum Gasteiger partial charge on any atom is 0.272 e. The Labute approximate surface area is 176 Å². The average Bonchev–Trinajstić information content (AvgIpc) is 3.25. The first kappa shape index (κ1) is 19.6. The summed E-state index contributed by atoms with van der Waals surface area (Å²) in [4.78, 5) is 16.6. The van der Waals surface area contributed by atoms with E-state index < -0.39 is 0 Å². The van der Waals surface area contributed by atoms with E-state index in [-0.39, 0.29) is 24.0 Å². The van der Waals surface area contributed by atoms with E-state index in [4.69, 9.17) is 16.3 Å². The quantitative estimate of drug-likeness (QED) is 0.485. The largest absolute Gasteiger partial charge is 0.439 e. The van der Waals surface area contributed by atoms with Gasteiger partial charge in [-0.05, 0) is 48.0 Å². The molecule has 0 radical (unpaired) electrons. The number of pyridine rings is 1. The summed E-state index contributed by atoms with van der Waals surface area (Å²) in [5.41, 5.74) is 1.76. The van der Waals surface area contributed by atoms with Crippen LogP contribution >= 0.6 is 11.6 Å². The monoisotopic (exact) mass is 422 g/mol. The van der Waals surface area contributed by atoms with E-state index in [2.05, 4.69) is 15.4 Å². The van der Waals surface area contributed by atoms with Crippen LogP contribution in [-0.2, 0) is 6.54 Å². The summed E-state index contributed by atoms with van der Waals surface area (Å²) in [7, 11) is 0. The maximum absolute atomic E-state index is 12.9. The molecule has 2 heterocycles. The Hall–Kier alpha value is -3.71. The number of hydrogen-bond acceptors (Lipinski definition) is 4. The molecule has 2 aromatic heterocycles. The van der Waals surface area contributed by atoms with Crippen molar-refractivity contribution < 1.29 is 13.9 Å². The summed E-state index contributed by atoms with van der Waals surface area (Å²) in [6, 6.07) is 18.0. The highest BCUT2D eigenvalue weighted by Gasteiger charge is 2.11. The highest BCUT2D eigenvalue weighted by Crippen LogP contribution is 2.20. The Bertz CT molecular complexity index is 1160. The van der Waals surface area contributed by atoms with Crippen molar-refractivity contribution in [3.8, 4) is 17.3 Å². The molecule has 0 spiro atoms. The van der Waals surface area contributed by atoms with Crippen molar-refractivity contribution in [3.05, 3.63) is 101 Å². The molecule has 1 amide bonds. The van der Waals surface area contributed by atoms with Gasteiger partial charge in [0.1, 0.15) is 11.6 Å². The molecule has 8 heteroatoms. The van der Waals surface area contributed by atoms with Gasteiger partial charge in [0, 0.05) is 25.0 Å². The molecule has 0 saturated carbocycles. The van der Waals surface area contributed by atoms with Crippen LogP contribution in [0.5, 0.6) is 11.6 Å². The van der Waals surface area contributed by atoms with E-state index in [9.17, 15) is 9.18 Å². The molecule has 0 fully saturated rings. The third kappa shape index (κ3) is 4.64. The van der Waals surface area contributed by atoms with Crippen LogP contribution in [0.1, 0.15) is 16.1 Å². The van der Waals surface area contributed by atoms with Gasteiger partial charge in [0.25, 0.3) is 5.91 Å². The first-order chi connectivity index (χ1) is 14.6. The number of aromatic nitrogens is 3. The summed E-state index contributed by atoms with van der Waals surface area (Å²) in [5, 5.41) is 7.62.